The molecule has 4 N–H and O–H groups in total. The zero-order valence-electron chi connectivity index (χ0n) is 17.1. The molecule has 2 heterocycles. The third kappa shape index (κ3) is 4.91. The number of hydrogen-bond acceptors (Lipinski definition) is 7. The molecule has 0 aromatic heterocycles. The van der Waals surface area contributed by atoms with Crippen molar-refractivity contribution in [2.45, 2.75) is 49.7 Å². The minimum atomic E-state index is -4.79. The summed E-state index contributed by atoms with van der Waals surface area (Å²) in [4.78, 5) is 0. The maximum Gasteiger partial charge on any atom is 0.573 e. The lowest BCUT2D eigenvalue weighted by molar-refractivity contribution is -0.274. The van der Waals surface area contributed by atoms with Gasteiger partial charge in [0.2, 0.25) is 0 Å². The van der Waals surface area contributed by atoms with Crippen molar-refractivity contribution >= 4 is 11.6 Å². The SMILES string of the molecule is OCC1OC(c2cc(Cc3ccc(OC(F)(F)F)cc3)c(Cl)c3c2CCO3)C(O)C(O)C1O. The molecule has 0 aliphatic carbocycles. The molecular formula is C22H22ClF3O7. The molecule has 2 aromatic rings. The van der Waals surface area contributed by atoms with E-state index in [2.05, 4.69) is 4.74 Å². The average molecular weight is 491 g/mol. The van der Waals surface area contributed by atoms with E-state index < -0.39 is 43.5 Å². The third-order valence-corrected chi connectivity index (χ3v) is 6.20. The second-order valence-corrected chi connectivity index (χ2v) is 8.34. The van der Waals surface area contributed by atoms with Crippen molar-refractivity contribution in [2.75, 3.05) is 13.2 Å². The van der Waals surface area contributed by atoms with E-state index in [1.807, 2.05) is 0 Å². The molecule has 1 fully saturated rings. The predicted molar refractivity (Wildman–Crippen MR) is 109 cm³/mol. The highest BCUT2D eigenvalue weighted by Crippen LogP contribution is 2.44. The van der Waals surface area contributed by atoms with E-state index in [9.17, 15) is 33.6 Å². The Bertz CT molecular complexity index is 997. The zero-order chi connectivity index (χ0) is 23.9. The van der Waals surface area contributed by atoms with Gasteiger partial charge in [-0.2, -0.15) is 0 Å². The van der Waals surface area contributed by atoms with Crippen molar-refractivity contribution in [1.29, 1.82) is 0 Å². The highest BCUT2D eigenvalue weighted by atomic mass is 35.5. The van der Waals surface area contributed by atoms with Crippen molar-refractivity contribution in [3.8, 4) is 11.5 Å². The van der Waals surface area contributed by atoms with Crippen molar-refractivity contribution in [2.24, 2.45) is 0 Å². The summed E-state index contributed by atoms with van der Waals surface area (Å²) in [5.41, 5.74) is 2.38. The van der Waals surface area contributed by atoms with Crippen LogP contribution < -0.4 is 9.47 Å². The van der Waals surface area contributed by atoms with Gasteiger partial charge in [0.25, 0.3) is 0 Å². The Morgan fingerprint density at radius 3 is 2.39 bits per heavy atom. The molecule has 0 spiro atoms. The van der Waals surface area contributed by atoms with Crippen LogP contribution in [-0.4, -0.2) is 64.4 Å². The fourth-order valence-electron chi connectivity index (χ4n) is 4.18. The van der Waals surface area contributed by atoms with E-state index in [4.69, 9.17) is 21.1 Å². The molecule has 2 aliphatic heterocycles. The van der Waals surface area contributed by atoms with E-state index in [0.29, 0.717) is 46.1 Å². The minimum absolute atomic E-state index is 0.228. The molecule has 0 amide bonds. The summed E-state index contributed by atoms with van der Waals surface area (Å²) in [6.07, 6.45) is -10.7. The monoisotopic (exact) mass is 490 g/mol. The highest BCUT2D eigenvalue weighted by Gasteiger charge is 2.45. The van der Waals surface area contributed by atoms with Crippen LogP contribution in [0.25, 0.3) is 0 Å². The van der Waals surface area contributed by atoms with Crippen LogP contribution in [0.15, 0.2) is 30.3 Å². The van der Waals surface area contributed by atoms with Gasteiger partial charge in [-0.1, -0.05) is 29.8 Å². The Morgan fingerprint density at radius 2 is 1.76 bits per heavy atom. The molecule has 0 radical (unpaired) electrons. The number of ether oxygens (including phenoxy) is 3. The van der Waals surface area contributed by atoms with Crippen molar-refractivity contribution in [3.05, 3.63) is 57.6 Å². The van der Waals surface area contributed by atoms with Gasteiger partial charge in [0, 0.05) is 12.0 Å². The van der Waals surface area contributed by atoms with Crippen LogP contribution in [0.5, 0.6) is 11.5 Å². The quantitative estimate of drug-likeness (QED) is 0.509. The first kappa shape index (κ1) is 24.1. The number of aliphatic hydroxyl groups is 4. The van der Waals surface area contributed by atoms with Crippen LogP contribution in [0.1, 0.15) is 28.4 Å². The number of alkyl halides is 3. The van der Waals surface area contributed by atoms with E-state index in [0.717, 1.165) is 0 Å². The molecule has 0 bridgehead atoms. The van der Waals surface area contributed by atoms with Gasteiger partial charge < -0.3 is 34.6 Å². The number of fused-ring (bicyclic) bond motifs is 1. The Morgan fingerprint density at radius 1 is 1.06 bits per heavy atom. The number of rotatable bonds is 5. The number of aliphatic hydroxyl groups excluding tert-OH is 4. The van der Waals surface area contributed by atoms with Crippen LogP contribution in [-0.2, 0) is 17.6 Å². The third-order valence-electron chi connectivity index (χ3n) is 5.78. The van der Waals surface area contributed by atoms with Crippen LogP contribution in [0, 0.1) is 0 Å². The predicted octanol–water partition coefficient (Wildman–Crippen LogP) is 2.28. The molecule has 1 saturated heterocycles. The Kier molecular flexibility index (Phi) is 6.77. The van der Waals surface area contributed by atoms with Crippen LogP contribution in [0.2, 0.25) is 5.02 Å². The van der Waals surface area contributed by atoms with E-state index in [-0.39, 0.29) is 12.2 Å². The summed E-state index contributed by atoms with van der Waals surface area (Å²) in [5.74, 6) is 0.0507. The smallest absolute Gasteiger partial charge is 0.491 e. The topological polar surface area (TPSA) is 109 Å². The minimum Gasteiger partial charge on any atom is -0.491 e. The maximum atomic E-state index is 12.4. The van der Waals surface area contributed by atoms with E-state index in [1.165, 1.54) is 24.3 Å². The van der Waals surface area contributed by atoms with Gasteiger partial charge in [-0.3, -0.25) is 0 Å². The van der Waals surface area contributed by atoms with Gasteiger partial charge in [-0.05, 0) is 35.2 Å². The number of halogens is 4. The summed E-state index contributed by atoms with van der Waals surface area (Å²) in [5, 5.41) is 40.7. The van der Waals surface area contributed by atoms with E-state index in [1.54, 1.807) is 6.07 Å². The molecule has 2 aliphatic rings. The van der Waals surface area contributed by atoms with Gasteiger partial charge in [0.15, 0.2) is 0 Å². The largest absolute Gasteiger partial charge is 0.573 e. The lowest BCUT2D eigenvalue weighted by Crippen LogP contribution is -2.55. The van der Waals surface area contributed by atoms with Crippen molar-refractivity contribution in [1.82, 2.24) is 0 Å². The molecule has 4 rings (SSSR count). The fourth-order valence-corrected chi connectivity index (χ4v) is 4.47. The molecule has 33 heavy (non-hydrogen) atoms. The van der Waals surface area contributed by atoms with Crippen LogP contribution in [0.4, 0.5) is 13.2 Å². The van der Waals surface area contributed by atoms with Gasteiger partial charge in [-0.15, -0.1) is 13.2 Å². The Hall–Kier alpha value is -2.08. The molecule has 5 atom stereocenters. The summed E-state index contributed by atoms with van der Waals surface area (Å²) in [7, 11) is 0. The highest BCUT2D eigenvalue weighted by molar-refractivity contribution is 6.33. The summed E-state index contributed by atoms with van der Waals surface area (Å²) >= 11 is 6.55. The Balaban J connectivity index is 1.66. The van der Waals surface area contributed by atoms with Crippen LogP contribution in [0.3, 0.4) is 0 Å². The molecule has 7 nitrogen and oxygen atoms in total. The fraction of sp³-hybridized carbons (Fsp3) is 0.455. The first-order valence-electron chi connectivity index (χ1n) is 10.2. The summed E-state index contributed by atoms with van der Waals surface area (Å²) in [6, 6.07) is 7.01. The van der Waals surface area contributed by atoms with Gasteiger partial charge >= 0.3 is 6.36 Å². The lowest BCUT2D eigenvalue weighted by Gasteiger charge is -2.40. The van der Waals surface area contributed by atoms with Crippen molar-refractivity contribution in [3.63, 3.8) is 0 Å². The second-order valence-electron chi connectivity index (χ2n) is 7.96. The van der Waals surface area contributed by atoms with Gasteiger partial charge in [0.1, 0.15) is 42.0 Å². The summed E-state index contributed by atoms with van der Waals surface area (Å²) < 4.78 is 52.5. The molecular weight excluding hydrogens is 469 g/mol. The first-order valence-corrected chi connectivity index (χ1v) is 10.6. The molecule has 0 saturated carbocycles. The van der Waals surface area contributed by atoms with E-state index >= 15 is 0 Å². The molecule has 180 valence electrons. The zero-order valence-corrected chi connectivity index (χ0v) is 17.9. The standard InChI is InChI=1S/C22H22ClF3O7/c23-16-11(7-10-1-3-12(4-2-10)33-22(24,25)26)8-14(13-5-6-31-20(13)16)21-19(30)18(29)17(28)15(9-27)32-21/h1-4,8,15,17-19,21,27-30H,5-7,9H2. The molecule has 2 aromatic carbocycles. The average Bonchev–Trinajstić information content (AvgIpc) is 3.25. The normalized spacial score (nSPS) is 27.2. The first-order chi connectivity index (χ1) is 15.6. The van der Waals surface area contributed by atoms with Crippen LogP contribution >= 0.6 is 11.6 Å². The van der Waals surface area contributed by atoms with Gasteiger partial charge in [-0.25, -0.2) is 0 Å². The van der Waals surface area contributed by atoms with Gasteiger partial charge in [0.05, 0.1) is 18.2 Å². The summed E-state index contributed by atoms with van der Waals surface area (Å²) in [6.45, 7) is -0.223. The van der Waals surface area contributed by atoms with Crippen molar-refractivity contribution < 1.29 is 47.8 Å². The second kappa shape index (κ2) is 9.28. The lowest BCUT2D eigenvalue weighted by atomic mass is 9.87. The molecule has 11 heteroatoms. The molecule has 5 unspecified atom stereocenters. The Labute approximate surface area is 191 Å². The maximum absolute atomic E-state index is 12.4. The number of benzene rings is 2. The number of hydrogen-bond donors (Lipinski definition) is 4.